The highest BCUT2D eigenvalue weighted by molar-refractivity contribution is 7.92. The molecular weight excluding hydrogens is 300 g/mol. The van der Waals surface area contributed by atoms with Gasteiger partial charge in [-0.25, -0.2) is 8.42 Å². The lowest BCUT2D eigenvalue weighted by Crippen LogP contribution is -2.13. The summed E-state index contributed by atoms with van der Waals surface area (Å²) in [4.78, 5) is 9.83. The van der Waals surface area contributed by atoms with E-state index in [1.54, 1.807) is 0 Å². The number of hydrogen-bond acceptors (Lipinski definition) is 7. The van der Waals surface area contributed by atoms with Crippen LogP contribution in [-0.4, -0.2) is 34.3 Å². The van der Waals surface area contributed by atoms with Gasteiger partial charge >= 0.3 is 10.1 Å². The van der Waals surface area contributed by atoms with Crippen molar-refractivity contribution in [3.8, 4) is 5.75 Å². The van der Waals surface area contributed by atoms with Crippen LogP contribution in [0, 0.1) is 10.1 Å². The maximum absolute atomic E-state index is 11.1. The Hall–Kier alpha value is -1.88. The van der Waals surface area contributed by atoms with Crippen molar-refractivity contribution in [3.05, 3.63) is 28.3 Å². The zero-order valence-electron chi connectivity index (χ0n) is 9.85. The first-order valence-corrected chi connectivity index (χ1v) is 8.34. The standard InChI is InChI=1S/C8H10N2O7S2/c1-18(13,14)9-7-5-6(10(11)12)3-4-8(7)17-19(2,15)16/h3-5,9H,1-2H3. The number of nitro groups is 1. The number of hydrogen-bond donors (Lipinski definition) is 1. The molecule has 9 nitrogen and oxygen atoms in total. The summed E-state index contributed by atoms with van der Waals surface area (Å²) in [6.45, 7) is 0. The molecule has 0 saturated heterocycles. The fourth-order valence-corrected chi connectivity index (χ4v) is 2.18. The average Bonchev–Trinajstić information content (AvgIpc) is 2.15. The second-order valence-electron chi connectivity index (χ2n) is 3.60. The zero-order valence-corrected chi connectivity index (χ0v) is 11.5. The highest BCUT2D eigenvalue weighted by Gasteiger charge is 2.17. The number of sulfonamides is 1. The highest BCUT2D eigenvalue weighted by Crippen LogP contribution is 2.30. The molecule has 1 aromatic carbocycles. The van der Waals surface area contributed by atoms with E-state index in [0.29, 0.717) is 0 Å². The monoisotopic (exact) mass is 310 g/mol. The van der Waals surface area contributed by atoms with Crippen molar-refractivity contribution in [2.45, 2.75) is 0 Å². The van der Waals surface area contributed by atoms with Gasteiger partial charge in [0.25, 0.3) is 5.69 Å². The molecule has 0 aliphatic rings. The fourth-order valence-electron chi connectivity index (χ4n) is 1.15. The molecule has 11 heteroatoms. The molecule has 0 spiro atoms. The summed E-state index contributed by atoms with van der Waals surface area (Å²) in [7, 11) is -7.64. The van der Waals surface area contributed by atoms with Crippen LogP contribution in [0.15, 0.2) is 18.2 Å². The largest absolute Gasteiger partial charge is 0.380 e. The van der Waals surface area contributed by atoms with Crippen molar-refractivity contribution in [1.82, 2.24) is 0 Å². The number of anilines is 1. The molecule has 0 heterocycles. The third-order valence-corrected chi connectivity index (χ3v) is 2.78. The van der Waals surface area contributed by atoms with E-state index < -0.39 is 30.8 Å². The third-order valence-electron chi connectivity index (χ3n) is 1.71. The second kappa shape index (κ2) is 5.01. The van der Waals surface area contributed by atoms with Gasteiger partial charge in [0.1, 0.15) is 0 Å². The molecule has 1 rings (SSSR count). The summed E-state index contributed by atoms with van der Waals surface area (Å²) in [6.07, 6.45) is 1.58. The SMILES string of the molecule is CS(=O)(=O)Nc1cc([N+](=O)[O-])ccc1OS(C)(=O)=O. The first kappa shape index (κ1) is 15.2. The molecule has 0 atom stereocenters. The van der Waals surface area contributed by atoms with Crippen molar-refractivity contribution in [2.24, 2.45) is 0 Å². The van der Waals surface area contributed by atoms with Crippen LogP contribution in [0.4, 0.5) is 11.4 Å². The number of non-ortho nitro benzene ring substituents is 1. The number of nitrogens with one attached hydrogen (secondary N) is 1. The Balaban J connectivity index is 3.34. The van der Waals surface area contributed by atoms with Crippen LogP contribution >= 0.6 is 0 Å². The summed E-state index contributed by atoms with van der Waals surface area (Å²) in [5.41, 5.74) is -0.742. The van der Waals surface area contributed by atoms with Crippen LogP contribution in [0.2, 0.25) is 0 Å². The van der Waals surface area contributed by atoms with E-state index in [9.17, 15) is 26.9 Å². The molecule has 0 bridgehead atoms. The lowest BCUT2D eigenvalue weighted by atomic mass is 10.2. The van der Waals surface area contributed by atoms with Crippen LogP contribution in [0.25, 0.3) is 0 Å². The van der Waals surface area contributed by atoms with Gasteiger partial charge in [0.05, 0.1) is 23.1 Å². The smallest absolute Gasteiger partial charge is 0.306 e. The predicted octanol–water partition coefficient (Wildman–Crippen LogP) is 0.305. The van der Waals surface area contributed by atoms with Crippen LogP contribution in [0.3, 0.4) is 0 Å². The van der Waals surface area contributed by atoms with Gasteiger partial charge in [-0.15, -0.1) is 0 Å². The van der Waals surface area contributed by atoms with E-state index in [1.165, 1.54) is 0 Å². The van der Waals surface area contributed by atoms with Crippen LogP contribution in [-0.2, 0) is 20.1 Å². The number of nitrogens with zero attached hydrogens (tertiary/aromatic N) is 1. The minimum Gasteiger partial charge on any atom is -0.380 e. The minimum atomic E-state index is -3.89. The summed E-state index contributed by atoms with van der Waals surface area (Å²) < 4.78 is 50.7. The van der Waals surface area contributed by atoms with E-state index >= 15 is 0 Å². The van der Waals surface area contributed by atoms with Gasteiger partial charge in [0, 0.05) is 12.1 Å². The molecule has 0 saturated carbocycles. The van der Waals surface area contributed by atoms with E-state index in [2.05, 4.69) is 4.18 Å². The summed E-state index contributed by atoms with van der Waals surface area (Å²) in [5.74, 6) is -0.349. The number of nitro benzene ring substituents is 1. The maximum atomic E-state index is 11.1. The van der Waals surface area contributed by atoms with Gasteiger partial charge in [0.2, 0.25) is 10.0 Å². The first-order valence-electron chi connectivity index (χ1n) is 4.63. The third kappa shape index (κ3) is 5.09. The molecule has 0 aliphatic carbocycles. The topological polar surface area (TPSA) is 133 Å². The lowest BCUT2D eigenvalue weighted by Gasteiger charge is -2.10. The van der Waals surface area contributed by atoms with Crippen LogP contribution in [0.1, 0.15) is 0 Å². The Bertz CT molecular complexity index is 709. The van der Waals surface area contributed by atoms with Gasteiger partial charge in [-0.1, -0.05) is 0 Å². The molecular formula is C8H10N2O7S2. The Morgan fingerprint density at radius 2 is 1.79 bits per heavy atom. The Morgan fingerprint density at radius 3 is 2.21 bits per heavy atom. The lowest BCUT2D eigenvalue weighted by molar-refractivity contribution is -0.384. The minimum absolute atomic E-state index is 0.331. The average molecular weight is 310 g/mol. The Labute approximate surface area is 109 Å². The van der Waals surface area contributed by atoms with Gasteiger partial charge in [-0.05, 0) is 6.07 Å². The fraction of sp³-hybridized carbons (Fsp3) is 0.250. The van der Waals surface area contributed by atoms with Gasteiger partial charge in [0.15, 0.2) is 5.75 Å². The molecule has 19 heavy (non-hydrogen) atoms. The number of benzene rings is 1. The molecule has 0 unspecified atom stereocenters. The van der Waals surface area contributed by atoms with Crippen molar-refractivity contribution >= 4 is 31.5 Å². The first-order chi connectivity index (χ1) is 8.48. The predicted molar refractivity (Wildman–Crippen MR) is 67.0 cm³/mol. The van der Waals surface area contributed by atoms with Crippen molar-refractivity contribution in [3.63, 3.8) is 0 Å². The van der Waals surface area contributed by atoms with Crippen molar-refractivity contribution in [2.75, 3.05) is 17.2 Å². The van der Waals surface area contributed by atoms with Gasteiger partial charge in [-0.2, -0.15) is 8.42 Å². The Kier molecular flexibility index (Phi) is 4.00. The molecule has 0 fully saturated rings. The normalized spacial score (nSPS) is 11.9. The molecule has 1 N–H and O–H groups in total. The van der Waals surface area contributed by atoms with Gasteiger partial charge < -0.3 is 4.18 Å². The van der Waals surface area contributed by atoms with E-state index in [-0.39, 0.29) is 11.4 Å². The van der Waals surface area contributed by atoms with E-state index in [0.717, 1.165) is 30.7 Å². The van der Waals surface area contributed by atoms with Crippen molar-refractivity contribution in [1.29, 1.82) is 0 Å². The Morgan fingerprint density at radius 1 is 1.21 bits per heavy atom. The zero-order chi connectivity index (χ0) is 14.8. The van der Waals surface area contributed by atoms with Crippen LogP contribution < -0.4 is 8.91 Å². The second-order valence-corrected chi connectivity index (χ2v) is 6.92. The molecule has 106 valence electrons. The van der Waals surface area contributed by atoms with Gasteiger partial charge in [-0.3, -0.25) is 14.8 Å². The molecule has 0 aromatic heterocycles. The van der Waals surface area contributed by atoms with Crippen molar-refractivity contribution < 1.29 is 25.9 Å². The molecule has 0 amide bonds. The quantitative estimate of drug-likeness (QED) is 0.470. The highest BCUT2D eigenvalue weighted by atomic mass is 32.2. The number of rotatable bonds is 5. The van der Waals surface area contributed by atoms with Crippen LogP contribution in [0.5, 0.6) is 5.75 Å². The van der Waals surface area contributed by atoms with E-state index in [4.69, 9.17) is 0 Å². The summed E-state index contributed by atoms with van der Waals surface area (Å²) in [6, 6.07) is 2.85. The maximum Gasteiger partial charge on any atom is 0.306 e. The van der Waals surface area contributed by atoms with E-state index in [1.807, 2.05) is 4.72 Å². The molecule has 0 radical (unpaired) electrons. The molecule has 0 aliphatic heterocycles. The summed E-state index contributed by atoms with van der Waals surface area (Å²) in [5, 5.41) is 10.6. The molecule has 1 aromatic rings. The summed E-state index contributed by atoms with van der Waals surface area (Å²) >= 11 is 0.